The molecular formula is C62H74N4O11. The van der Waals surface area contributed by atoms with E-state index in [9.17, 15) is 19.2 Å². The standard InChI is InChI=1S/C62H74N4O11/c1-11-43(72-53(67)25-27-55(69)74-45-21-17-41-19-23-51-57(47(41)31-45)63-37-61(76-51)59(7,8)29-30-65(61)33-39(3)4)35-71-36-44(12-2)73-54(68)26-28-56(70)75-46-22-18-42-20-24-52-58(48(42)32-46)64-38-62(77-52)60(9,10)49-15-13-14-16-50(49)66(62)34-40(5)6/h13-24,31-32,37-40,43-44H,11-12,25-30,33-36H2,1-10H3. The number of rotatable bonds is 20. The Morgan fingerprint density at radius 3 is 1.61 bits per heavy atom. The van der Waals surface area contributed by atoms with Crippen molar-refractivity contribution in [1.82, 2.24) is 4.90 Å². The van der Waals surface area contributed by atoms with Crippen molar-refractivity contribution in [2.75, 3.05) is 37.7 Å². The normalized spacial score (nSPS) is 20.4. The topological polar surface area (TPSA) is 164 Å². The van der Waals surface area contributed by atoms with Crippen LogP contribution in [0, 0.1) is 17.3 Å². The van der Waals surface area contributed by atoms with Crippen LogP contribution in [-0.2, 0) is 38.8 Å². The monoisotopic (exact) mass is 1050 g/mol. The number of fused-ring (bicyclic) bond motifs is 7. The lowest BCUT2D eigenvalue weighted by Gasteiger charge is -2.46. The summed E-state index contributed by atoms with van der Waals surface area (Å²) in [6, 6.07) is 27.0. The molecule has 2 spiro atoms. The molecular weight excluding hydrogens is 977 g/mol. The minimum absolute atomic E-state index is 0.0593. The lowest BCUT2D eigenvalue weighted by atomic mass is 9.77. The molecule has 4 unspecified atom stereocenters. The predicted molar refractivity (Wildman–Crippen MR) is 298 cm³/mol. The van der Waals surface area contributed by atoms with Crippen LogP contribution in [0.2, 0.25) is 0 Å². The molecule has 4 atom stereocenters. The summed E-state index contributed by atoms with van der Waals surface area (Å²) in [5.41, 5.74) is 1.59. The maximum absolute atomic E-state index is 13.1. The lowest BCUT2D eigenvalue weighted by molar-refractivity contribution is -0.158. The number of anilines is 1. The minimum atomic E-state index is -0.846. The fourth-order valence-corrected chi connectivity index (χ4v) is 11.1. The maximum Gasteiger partial charge on any atom is 0.311 e. The van der Waals surface area contributed by atoms with E-state index in [2.05, 4.69) is 89.5 Å². The first kappa shape index (κ1) is 54.9. The van der Waals surface area contributed by atoms with E-state index in [-0.39, 0.29) is 44.3 Å². The van der Waals surface area contributed by atoms with Crippen molar-refractivity contribution >= 4 is 74.9 Å². The van der Waals surface area contributed by atoms with E-state index in [0.29, 0.717) is 59.1 Å². The zero-order chi connectivity index (χ0) is 54.9. The summed E-state index contributed by atoms with van der Waals surface area (Å²) in [6.07, 6.45) is 3.84. The van der Waals surface area contributed by atoms with E-state index < -0.39 is 53.0 Å². The van der Waals surface area contributed by atoms with Crippen molar-refractivity contribution in [3.8, 4) is 23.0 Å². The van der Waals surface area contributed by atoms with Crippen molar-refractivity contribution in [1.29, 1.82) is 0 Å². The molecule has 0 aromatic heterocycles. The number of nitrogens with zero attached hydrogens (tertiary/aromatic N) is 4. The molecule has 0 aliphatic carbocycles. The van der Waals surface area contributed by atoms with Crippen LogP contribution in [0.1, 0.15) is 120 Å². The molecule has 4 aliphatic heterocycles. The van der Waals surface area contributed by atoms with Crippen LogP contribution in [0.4, 0.5) is 17.1 Å². The molecule has 0 saturated carbocycles. The second-order valence-corrected chi connectivity index (χ2v) is 22.9. The van der Waals surface area contributed by atoms with Gasteiger partial charge in [0.25, 0.3) is 0 Å². The van der Waals surface area contributed by atoms with Gasteiger partial charge in [0.1, 0.15) is 46.6 Å². The Morgan fingerprint density at radius 2 is 1.09 bits per heavy atom. The van der Waals surface area contributed by atoms with E-state index >= 15 is 0 Å². The van der Waals surface area contributed by atoms with Gasteiger partial charge in [-0.2, -0.15) is 0 Å². The number of ether oxygens (including phenoxy) is 7. The third kappa shape index (κ3) is 11.0. The number of carbonyl (C=O) groups excluding carboxylic acids is 4. The molecule has 77 heavy (non-hydrogen) atoms. The third-order valence-corrected chi connectivity index (χ3v) is 15.5. The molecule has 5 aromatic carbocycles. The Bertz CT molecular complexity index is 3110. The molecule has 1 saturated heterocycles. The van der Waals surface area contributed by atoms with Gasteiger partial charge in [-0.3, -0.25) is 34.1 Å². The zero-order valence-corrected chi connectivity index (χ0v) is 46.3. The molecule has 0 N–H and O–H groups in total. The molecule has 9 rings (SSSR count). The molecule has 4 heterocycles. The number of aliphatic imine (C=N–C) groups is 2. The van der Waals surface area contributed by atoms with E-state index in [1.165, 1.54) is 5.56 Å². The van der Waals surface area contributed by atoms with Gasteiger partial charge in [0, 0.05) is 41.5 Å². The average Bonchev–Trinajstić information content (AvgIpc) is 4.02. The Labute approximate surface area is 452 Å². The minimum Gasteiger partial charge on any atom is -0.464 e. The first-order valence-electron chi connectivity index (χ1n) is 27.4. The molecule has 0 amide bonds. The van der Waals surface area contributed by atoms with Crippen molar-refractivity contribution < 1.29 is 52.3 Å². The zero-order valence-electron chi connectivity index (χ0n) is 46.3. The Balaban J connectivity index is 0.714. The number of esters is 4. The van der Waals surface area contributed by atoms with Crippen LogP contribution in [0.5, 0.6) is 23.0 Å². The second-order valence-electron chi connectivity index (χ2n) is 22.9. The van der Waals surface area contributed by atoms with Crippen molar-refractivity contribution in [2.24, 2.45) is 27.2 Å². The molecule has 0 radical (unpaired) electrons. The highest BCUT2D eigenvalue weighted by Crippen LogP contribution is 2.56. The number of hydrogen-bond donors (Lipinski definition) is 0. The van der Waals surface area contributed by atoms with Gasteiger partial charge in [-0.1, -0.05) is 97.9 Å². The summed E-state index contributed by atoms with van der Waals surface area (Å²) >= 11 is 0. The summed E-state index contributed by atoms with van der Waals surface area (Å²) in [7, 11) is 0. The van der Waals surface area contributed by atoms with Gasteiger partial charge in [0.05, 0.1) is 56.7 Å². The Morgan fingerprint density at radius 1 is 0.610 bits per heavy atom. The van der Waals surface area contributed by atoms with Crippen molar-refractivity contribution in [3.63, 3.8) is 0 Å². The van der Waals surface area contributed by atoms with Gasteiger partial charge in [-0.15, -0.1) is 0 Å². The van der Waals surface area contributed by atoms with Crippen LogP contribution < -0.4 is 23.8 Å². The van der Waals surface area contributed by atoms with E-state index in [1.807, 2.05) is 62.7 Å². The van der Waals surface area contributed by atoms with Crippen LogP contribution in [0.3, 0.4) is 0 Å². The summed E-state index contributed by atoms with van der Waals surface area (Å²) in [4.78, 5) is 66.7. The van der Waals surface area contributed by atoms with Crippen molar-refractivity contribution in [2.45, 2.75) is 143 Å². The molecule has 4 aliphatic rings. The fraction of sp³-hybridized carbons (Fsp3) is 0.484. The average molecular weight is 1050 g/mol. The highest BCUT2D eigenvalue weighted by Gasteiger charge is 2.60. The fourth-order valence-electron chi connectivity index (χ4n) is 11.1. The number of hydrogen-bond acceptors (Lipinski definition) is 15. The molecule has 15 nitrogen and oxygen atoms in total. The molecule has 0 bridgehead atoms. The van der Waals surface area contributed by atoms with Gasteiger partial charge in [-0.25, -0.2) is 0 Å². The summed E-state index contributed by atoms with van der Waals surface area (Å²) in [5, 5.41) is 3.39. The number of para-hydroxylation sites is 1. The molecule has 5 aromatic rings. The predicted octanol–water partition coefficient (Wildman–Crippen LogP) is 12.1. The summed E-state index contributed by atoms with van der Waals surface area (Å²) in [5.74, 6) is 0.511. The Hall–Kier alpha value is -6.84. The highest BCUT2D eigenvalue weighted by atomic mass is 16.6. The smallest absolute Gasteiger partial charge is 0.311 e. The Kier molecular flexibility index (Phi) is 15.9. The molecule has 408 valence electrons. The lowest BCUT2D eigenvalue weighted by Crippen LogP contribution is -2.62. The number of benzene rings is 5. The first-order chi connectivity index (χ1) is 36.8. The first-order valence-corrected chi connectivity index (χ1v) is 27.4. The SMILES string of the molecule is CCC(COCC(CC)OC(=O)CCC(=O)Oc1ccc2ccc3c(c2c1)N=CC1(O3)N(CC(C)C)c2ccccc2C1(C)C)OC(=O)CCC(=O)Oc1ccc2ccc3c(c2c1)N=CC1(O3)N(CC(C)C)CCC1(C)C. The van der Waals surface area contributed by atoms with Crippen LogP contribution in [0.25, 0.3) is 21.5 Å². The summed E-state index contributed by atoms with van der Waals surface area (Å²) in [6.45, 7) is 24.1. The van der Waals surface area contributed by atoms with Gasteiger partial charge >= 0.3 is 23.9 Å². The quantitative estimate of drug-likeness (QED) is 0.0535. The number of carbonyl (C=O) groups is 4. The van der Waals surface area contributed by atoms with Crippen LogP contribution >= 0.6 is 0 Å². The molecule has 1 fully saturated rings. The number of likely N-dealkylation sites (tertiary alicyclic amines) is 1. The largest absolute Gasteiger partial charge is 0.464 e. The van der Waals surface area contributed by atoms with Crippen LogP contribution in [-0.4, -0.2) is 97.7 Å². The highest BCUT2D eigenvalue weighted by molar-refractivity contribution is 6.01. The maximum atomic E-state index is 13.1. The molecule has 15 heteroatoms. The van der Waals surface area contributed by atoms with Crippen molar-refractivity contribution in [3.05, 3.63) is 90.5 Å². The van der Waals surface area contributed by atoms with Gasteiger partial charge < -0.3 is 38.1 Å². The second kappa shape index (κ2) is 22.3. The van der Waals surface area contributed by atoms with E-state index in [1.54, 1.807) is 24.3 Å². The third-order valence-electron chi connectivity index (χ3n) is 15.5. The van der Waals surface area contributed by atoms with E-state index in [4.69, 9.17) is 43.1 Å². The van der Waals surface area contributed by atoms with Crippen LogP contribution in [0.15, 0.2) is 94.9 Å². The van der Waals surface area contributed by atoms with Gasteiger partial charge in [-0.05, 0) is 104 Å². The van der Waals surface area contributed by atoms with Gasteiger partial charge in [0.2, 0.25) is 11.4 Å². The summed E-state index contributed by atoms with van der Waals surface area (Å²) < 4.78 is 42.4. The van der Waals surface area contributed by atoms with Gasteiger partial charge in [0.15, 0.2) is 0 Å². The van der Waals surface area contributed by atoms with E-state index in [0.717, 1.165) is 53.3 Å².